The first-order valence-corrected chi connectivity index (χ1v) is 18.9. The van der Waals surface area contributed by atoms with Crippen LogP contribution in [0.1, 0.15) is 38.9 Å². The molecule has 6 nitrogen and oxygen atoms in total. The molecule has 2 heterocycles. The number of hydrogen-bond acceptors (Lipinski definition) is 6. The number of benzene rings is 7. The van der Waals surface area contributed by atoms with Gasteiger partial charge in [-0.15, -0.1) is 0 Å². The van der Waals surface area contributed by atoms with E-state index in [1.165, 1.54) is 0 Å². The zero-order valence-electron chi connectivity index (χ0n) is 30.8. The number of furan rings is 1. The molecule has 1 unspecified atom stereocenters. The number of anilines is 5. The molecule has 0 saturated carbocycles. The van der Waals surface area contributed by atoms with Gasteiger partial charge in [0.1, 0.15) is 11.2 Å². The summed E-state index contributed by atoms with van der Waals surface area (Å²) in [5, 5.41) is 24.8. The van der Waals surface area contributed by atoms with Gasteiger partial charge in [-0.25, -0.2) is 0 Å². The van der Waals surface area contributed by atoms with Crippen molar-refractivity contribution in [3.05, 3.63) is 203 Å². The lowest BCUT2D eigenvalue weighted by atomic mass is 9.70. The van der Waals surface area contributed by atoms with Gasteiger partial charge in [-0.1, -0.05) is 72.3 Å². The molecular weight excluding hydrogens is 699 g/mol. The average molecular weight is 730 g/mol. The zero-order chi connectivity index (χ0) is 38.3. The van der Waals surface area contributed by atoms with Gasteiger partial charge in [-0.3, -0.25) is 4.98 Å². The van der Waals surface area contributed by atoms with Crippen LogP contribution in [0.2, 0.25) is 0 Å². The molecule has 1 spiro atoms. The topological polar surface area (TPSA) is 88.9 Å². The summed E-state index contributed by atoms with van der Waals surface area (Å²) in [6, 6.07) is 58.6. The number of nitriles is 2. The fourth-order valence-corrected chi connectivity index (χ4v) is 9.18. The summed E-state index contributed by atoms with van der Waals surface area (Å²) in [5.74, 6) is 0. The van der Waals surface area contributed by atoms with Gasteiger partial charge in [0.05, 0.1) is 45.4 Å². The van der Waals surface area contributed by atoms with Crippen LogP contribution in [0.5, 0.6) is 0 Å². The highest BCUT2D eigenvalue weighted by atomic mass is 16.3. The van der Waals surface area contributed by atoms with Gasteiger partial charge in [0.25, 0.3) is 0 Å². The summed E-state index contributed by atoms with van der Waals surface area (Å²) in [7, 11) is 0. The molecule has 266 valence electrons. The van der Waals surface area contributed by atoms with E-state index >= 15 is 0 Å². The molecule has 6 heteroatoms. The lowest BCUT2D eigenvalue weighted by Crippen LogP contribution is -2.26. The second-order valence-corrected chi connectivity index (χ2v) is 14.7. The van der Waals surface area contributed by atoms with Crippen molar-refractivity contribution < 1.29 is 4.42 Å². The predicted octanol–water partition coefficient (Wildman–Crippen LogP) is 12.6. The molecule has 1 N–H and O–H groups in total. The fraction of sp³-hybridized carbons (Fsp3) is 0.0392. The third kappa shape index (κ3) is 4.65. The highest BCUT2D eigenvalue weighted by Gasteiger charge is 2.53. The van der Waals surface area contributed by atoms with E-state index in [0.717, 1.165) is 101 Å². The van der Waals surface area contributed by atoms with Gasteiger partial charge >= 0.3 is 0 Å². The number of nitrogens with zero attached hydrogens (tertiary/aromatic N) is 4. The van der Waals surface area contributed by atoms with Crippen molar-refractivity contribution >= 4 is 50.4 Å². The van der Waals surface area contributed by atoms with E-state index in [4.69, 9.17) is 9.40 Å². The van der Waals surface area contributed by atoms with Crippen LogP contribution in [0.15, 0.2) is 168 Å². The van der Waals surface area contributed by atoms with E-state index in [1.54, 1.807) is 0 Å². The van der Waals surface area contributed by atoms with Crippen LogP contribution in [-0.4, -0.2) is 4.98 Å². The van der Waals surface area contributed by atoms with Crippen molar-refractivity contribution in [3.8, 4) is 34.5 Å². The van der Waals surface area contributed by atoms with E-state index in [1.807, 2.05) is 72.9 Å². The van der Waals surface area contributed by atoms with Crippen LogP contribution in [0, 0.1) is 29.6 Å². The van der Waals surface area contributed by atoms with Gasteiger partial charge in [-0.2, -0.15) is 10.5 Å². The van der Waals surface area contributed by atoms with Crippen molar-refractivity contribution in [2.24, 2.45) is 0 Å². The Labute approximate surface area is 329 Å². The standard InChI is InChI=1S/C51H31N5O/c1-31-12-21-36(22-13-31)56(37-23-16-33(30-53)17-24-37)45-28-44-47(50-48(45)40-8-3-5-11-46(40)57-50)38-25-20-35(55-34-18-14-32(29-52)15-19-34)27-43(38)51(44)41-9-4-2-7-39(41)49-42(51)10-6-26-54-49/h2-28,55H,1H3. The Morgan fingerprint density at radius 1 is 0.614 bits per heavy atom. The molecule has 0 saturated heterocycles. The van der Waals surface area contributed by atoms with E-state index in [0.29, 0.717) is 11.1 Å². The van der Waals surface area contributed by atoms with Crippen LogP contribution < -0.4 is 10.2 Å². The molecule has 0 amide bonds. The van der Waals surface area contributed by atoms with Crippen molar-refractivity contribution in [1.29, 1.82) is 10.5 Å². The second kappa shape index (κ2) is 12.3. The summed E-state index contributed by atoms with van der Waals surface area (Å²) in [4.78, 5) is 7.34. The Hall–Kier alpha value is -7.93. The van der Waals surface area contributed by atoms with Crippen LogP contribution in [0.3, 0.4) is 0 Å². The SMILES string of the molecule is Cc1ccc(N(c2ccc(C#N)cc2)c2cc3c(c4oc5ccccc5c24)-c2ccc(Nc4ccc(C#N)cc4)cc2C32c3ccccc3-c3ncccc32)cc1. The first-order valence-electron chi connectivity index (χ1n) is 18.9. The molecule has 2 aliphatic carbocycles. The Kier molecular flexibility index (Phi) is 7.01. The number of pyridine rings is 1. The van der Waals surface area contributed by atoms with E-state index in [2.05, 4.69) is 120 Å². The molecule has 9 aromatic rings. The zero-order valence-corrected chi connectivity index (χ0v) is 30.8. The van der Waals surface area contributed by atoms with Crippen molar-refractivity contribution in [2.75, 3.05) is 10.2 Å². The van der Waals surface area contributed by atoms with Gasteiger partial charge in [0.2, 0.25) is 0 Å². The van der Waals surface area contributed by atoms with Crippen LogP contribution in [0.25, 0.3) is 44.3 Å². The maximum atomic E-state index is 9.76. The molecule has 2 aromatic heterocycles. The molecule has 7 aromatic carbocycles. The van der Waals surface area contributed by atoms with Gasteiger partial charge in [-0.05, 0) is 126 Å². The lowest BCUT2D eigenvalue weighted by molar-refractivity contribution is 0.669. The molecule has 0 radical (unpaired) electrons. The quantitative estimate of drug-likeness (QED) is 0.190. The van der Waals surface area contributed by atoms with Gasteiger partial charge in [0.15, 0.2) is 0 Å². The number of hydrogen-bond donors (Lipinski definition) is 1. The van der Waals surface area contributed by atoms with Gasteiger partial charge < -0.3 is 14.6 Å². The molecule has 0 fully saturated rings. The van der Waals surface area contributed by atoms with Crippen LogP contribution in [-0.2, 0) is 5.41 Å². The molecule has 57 heavy (non-hydrogen) atoms. The maximum Gasteiger partial charge on any atom is 0.145 e. The average Bonchev–Trinajstić information content (AvgIpc) is 3.89. The van der Waals surface area contributed by atoms with Crippen LogP contribution >= 0.6 is 0 Å². The summed E-state index contributed by atoms with van der Waals surface area (Å²) >= 11 is 0. The number of nitrogens with one attached hydrogen (secondary N) is 1. The lowest BCUT2D eigenvalue weighted by Gasteiger charge is -2.32. The molecule has 11 rings (SSSR count). The third-order valence-corrected chi connectivity index (χ3v) is 11.6. The largest absolute Gasteiger partial charge is 0.455 e. The first kappa shape index (κ1) is 32.5. The monoisotopic (exact) mass is 729 g/mol. The van der Waals surface area contributed by atoms with E-state index < -0.39 is 5.41 Å². The number of rotatable bonds is 5. The van der Waals surface area contributed by atoms with Crippen molar-refractivity contribution in [3.63, 3.8) is 0 Å². The van der Waals surface area contributed by atoms with E-state index in [-0.39, 0.29) is 0 Å². The minimum atomic E-state index is -0.737. The minimum absolute atomic E-state index is 0.599. The summed E-state index contributed by atoms with van der Waals surface area (Å²) in [5.41, 5.74) is 16.7. The Morgan fingerprint density at radius 3 is 2.05 bits per heavy atom. The number of aromatic nitrogens is 1. The Bertz CT molecular complexity index is 3140. The van der Waals surface area contributed by atoms with E-state index in [9.17, 15) is 10.5 Å². The highest BCUT2D eigenvalue weighted by molar-refractivity contribution is 6.19. The molecule has 2 aliphatic rings. The molecule has 1 atom stereocenters. The normalized spacial score (nSPS) is 14.4. The Balaban J connectivity index is 1.27. The first-order chi connectivity index (χ1) is 28.1. The fourth-order valence-electron chi connectivity index (χ4n) is 9.18. The molecule has 0 aliphatic heterocycles. The second-order valence-electron chi connectivity index (χ2n) is 14.7. The van der Waals surface area contributed by atoms with Crippen molar-refractivity contribution in [1.82, 2.24) is 4.98 Å². The number of aryl methyl sites for hydroxylation is 1. The summed E-state index contributed by atoms with van der Waals surface area (Å²) in [6.45, 7) is 2.10. The summed E-state index contributed by atoms with van der Waals surface area (Å²) < 4.78 is 7.07. The molecular formula is C51H31N5O. The predicted molar refractivity (Wildman–Crippen MR) is 226 cm³/mol. The van der Waals surface area contributed by atoms with Crippen LogP contribution in [0.4, 0.5) is 28.4 Å². The third-order valence-electron chi connectivity index (χ3n) is 11.6. The van der Waals surface area contributed by atoms with Gasteiger partial charge in [0, 0.05) is 45.5 Å². The minimum Gasteiger partial charge on any atom is -0.455 e. The number of para-hydroxylation sites is 1. The maximum absolute atomic E-state index is 9.76. The Morgan fingerprint density at radius 2 is 1.28 bits per heavy atom. The smallest absolute Gasteiger partial charge is 0.145 e. The highest BCUT2D eigenvalue weighted by Crippen LogP contribution is 2.65. The summed E-state index contributed by atoms with van der Waals surface area (Å²) in [6.07, 6.45) is 1.88. The molecule has 0 bridgehead atoms. The number of fused-ring (bicyclic) bond motifs is 14. The van der Waals surface area contributed by atoms with Crippen molar-refractivity contribution in [2.45, 2.75) is 12.3 Å².